The number of nitrogens with zero attached hydrogens (tertiary/aromatic N) is 3. The zero-order valence-electron chi connectivity index (χ0n) is 14.6. The summed E-state index contributed by atoms with van der Waals surface area (Å²) >= 11 is 1.41. The maximum Gasteiger partial charge on any atom is 0.265 e. The highest BCUT2D eigenvalue weighted by Crippen LogP contribution is 2.21. The molecule has 0 N–H and O–H groups in total. The molecular weight excluding hydrogens is 360 g/mol. The van der Waals surface area contributed by atoms with Crippen LogP contribution >= 0.6 is 11.3 Å². The fourth-order valence-corrected chi connectivity index (χ4v) is 3.84. The van der Waals surface area contributed by atoms with E-state index in [0.29, 0.717) is 31.1 Å². The normalized spacial score (nSPS) is 14.6. The summed E-state index contributed by atoms with van der Waals surface area (Å²) in [4.78, 5) is 33.4. The third kappa shape index (κ3) is 3.60. The summed E-state index contributed by atoms with van der Waals surface area (Å²) in [5, 5.41) is 0.929. The molecule has 138 valence electrons. The van der Waals surface area contributed by atoms with Crippen LogP contribution < -0.4 is 0 Å². The predicted octanol–water partition coefficient (Wildman–Crippen LogP) is 2.89. The van der Waals surface area contributed by atoms with Gasteiger partial charge in [0.2, 0.25) is 0 Å². The molecule has 1 fully saturated rings. The number of amides is 2. The topological polar surface area (TPSA) is 53.5 Å². The van der Waals surface area contributed by atoms with Gasteiger partial charge in [0, 0.05) is 31.7 Å². The maximum atomic E-state index is 13.3. The molecule has 1 aliphatic rings. The number of carbonyl (C=O) groups is 2. The lowest BCUT2D eigenvalue weighted by molar-refractivity contribution is 0.0537. The minimum atomic E-state index is -1.04. The highest BCUT2D eigenvalue weighted by atomic mass is 32.1. The number of aromatic nitrogens is 1. The Morgan fingerprint density at radius 2 is 1.69 bits per heavy atom. The van der Waals surface area contributed by atoms with Crippen LogP contribution in [-0.2, 0) is 6.42 Å². The summed E-state index contributed by atoms with van der Waals surface area (Å²) in [5.41, 5.74) is 0.840. The molecule has 2 aromatic rings. The number of thiazole rings is 1. The molecule has 2 heterocycles. The van der Waals surface area contributed by atoms with E-state index in [1.54, 1.807) is 9.80 Å². The van der Waals surface area contributed by atoms with E-state index in [-0.39, 0.29) is 17.4 Å². The Hall–Kier alpha value is -2.35. The number of carbonyl (C=O) groups excluding carboxylic acids is 2. The lowest BCUT2D eigenvalue weighted by Crippen LogP contribution is -2.50. The van der Waals surface area contributed by atoms with Gasteiger partial charge in [-0.1, -0.05) is 6.92 Å². The van der Waals surface area contributed by atoms with Gasteiger partial charge in [-0.25, -0.2) is 13.8 Å². The Morgan fingerprint density at radius 3 is 2.23 bits per heavy atom. The first-order valence-electron chi connectivity index (χ1n) is 8.40. The van der Waals surface area contributed by atoms with Gasteiger partial charge in [-0.2, -0.15) is 0 Å². The second-order valence-electron chi connectivity index (χ2n) is 6.09. The average Bonchev–Trinajstić information content (AvgIpc) is 3.04. The number of halogens is 2. The number of rotatable bonds is 3. The van der Waals surface area contributed by atoms with Crippen molar-refractivity contribution in [1.82, 2.24) is 14.8 Å². The zero-order chi connectivity index (χ0) is 18.8. The number of aryl methyl sites for hydroxylation is 2. The molecule has 3 rings (SSSR count). The van der Waals surface area contributed by atoms with Gasteiger partial charge >= 0.3 is 0 Å². The molecule has 0 bridgehead atoms. The fourth-order valence-electron chi connectivity index (χ4n) is 2.87. The summed E-state index contributed by atoms with van der Waals surface area (Å²) in [6.45, 7) is 5.31. The van der Waals surface area contributed by atoms with Crippen LogP contribution in [0.4, 0.5) is 8.78 Å². The Labute approximate surface area is 154 Å². The molecule has 5 nitrogen and oxygen atoms in total. The monoisotopic (exact) mass is 379 g/mol. The Morgan fingerprint density at radius 1 is 1.08 bits per heavy atom. The minimum absolute atomic E-state index is 0.0698. The van der Waals surface area contributed by atoms with Crippen molar-refractivity contribution in [3.8, 4) is 0 Å². The van der Waals surface area contributed by atoms with E-state index < -0.39 is 11.6 Å². The van der Waals surface area contributed by atoms with Crippen LogP contribution in [0.2, 0.25) is 0 Å². The molecule has 2 amide bonds. The predicted molar refractivity (Wildman–Crippen MR) is 94.4 cm³/mol. The van der Waals surface area contributed by atoms with Crippen LogP contribution in [0.15, 0.2) is 18.2 Å². The molecule has 1 saturated heterocycles. The van der Waals surface area contributed by atoms with Crippen molar-refractivity contribution in [2.24, 2.45) is 0 Å². The Kier molecular flexibility index (Phi) is 5.31. The van der Waals surface area contributed by atoms with Gasteiger partial charge in [-0.05, 0) is 31.5 Å². The van der Waals surface area contributed by atoms with Crippen LogP contribution in [0.1, 0.15) is 37.7 Å². The average molecular weight is 379 g/mol. The van der Waals surface area contributed by atoms with E-state index in [2.05, 4.69) is 4.98 Å². The largest absolute Gasteiger partial charge is 0.335 e. The first-order valence-corrected chi connectivity index (χ1v) is 9.22. The first-order chi connectivity index (χ1) is 12.4. The summed E-state index contributed by atoms with van der Waals surface area (Å²) < 4.78 is 26.3. The van der Waals surface area contributed by atoms with Gasteiger partial charge in [0.25, 0.3) is 11.8 Å². The van der Waals surface area contributed by atoms with Crippen molar-refractivity contribution in [2.45, 2.75) is 20.3 Å². The molecule has 1 aliphatic heterocycles. The molecule has 8 heteroatoms. The van der Waals surface area contributed by atoms with Crippen LogP contribution in [0.25, 0.3) is 0 Å². The number of benzene rings is 1. The number of hydrogen-bond donors (Lipinski definition) is 0. The standard InChI is InChI=1S/C18H19F2N3O2S/c1-3-15-21-11(2)16(26-15)18(25)23-8-6-22(7-9-23)17(24)12-4-5-13(19)14(20)10-12/h4-5,10H,3,6-9H2,1-2H3. The van der Waals surface area contributed by atoms with E-state index in [1.165, 1.54) is 17.4 Å². The second kappa shape index (κ2) is 7.49. The molecule has 0 aliphatic carbocycles. The Bertz CT molecular complexity index is 845. The summed E-state index contributed by atoms with van der Waals surface area (Å²) in [6.07, 6.45) is 0.787. The van der Waals surface area contributed by atoms with E-state index in [9.17, 15) is 18.4 Å². The highest BCUT2D eigenvalue weighted by Gasteiger charge is 2.27. The first kappa shape index (κ1) is 18.4. The molecule has 0 spiro atoms. The van der Waals surface area contributed by atoms with Gasteiger partial charge in [-0.15, -0.1) is 11.3 Å². The van der Waals surface area contributed by atoms with Gasteiger partial charge in [0.05, 0.1) is 10.7 Å². The van der Waals surface area contributed by atoms with Crippen molar-refractivity contribution in [3.05, 3.63) is 51.0 Å². The SMILES string of the molecule is CCc1nc(C)c(C(=O)N2CCN(C(=O)c3ccc(F)c(F)c3)CC2)s1. The lowest BCUT2D eigenvalue weighted by atomic mass is 10.1. The van der Waals surface area contributed by atoms with Crippen molar-refractivity contribution in [1.29, 1.82) is 0 Å². The molecule has 26 heavy (non-hydrogen) atoms. The van der Waals surface area contributed by atoms with E-state index in [4.69, 9.17) is 0 Å². The molecule has 1 aromatic heterocycles. The van der Waals surface area contributed by atoms with Crippen molar-refractivity contribution < 1.29 is 18.4 Å². The Balaban J connectivity index is 1.64. The number of hydrogen-bond acceptors (Lipinski definition) is 4. The van der Waals surface area contributed by atoms with E-state index in [1.807, 2.05) is 13.8 Å². The van der Waals surface area contributed by atoms with Crippen molar-refractivity contribution in [2.75, 3.05) is 26.2 Å². The highest BCUT2D eigenvalue weighted by molar-refractivity contribution is 7.13. The fraction of sp³-hybridized carbons (Fsp3) is 0.389. The third-order valence-electron chi connectivity index (χ3n) is 4.36. The zero-order valence-corrected chi connectivity index (χ0v) is 15.4. The van der Waals surface area contributed by atoms with Crippen LogP contribution in [-0.4, -0.2) is 52.8 Å². The molecule has 0 unspecified atom stereocenters. The summed E-state index contributed by atoms with van der Waals surface area (Å²) in [6, 6.07) is 3.12. The molecule has 0 atom stereocenters. The minimum Gasteiger partial charge on any atom is -0.335 e. The lowest BCUT2D eigenvalue weighted by Gasteiger charge is -2.34. The second-order valence-corrected chi connectivity index (χ2v) is 7.17. The number of piperazine rings is 1. The van der Waals surface area contributed by atoms with Gasteiger partial charge in [-0.3, -0.25) is 9.59 Å². The smallest absolute Gasteiger partial charge is 0.265 e. The molecule has 0 radical (unpaired) electrons. The van der Waals surface area contributed by atoms with Crippen LogP contribution in [0.5, 0.6) is 0 Å². The van der Waals surface area contributed by atoms with Gasteiger partial charge < -0.3 is 9.80 Å². The van der Waals surface area contributed by atoms with E-state index in [0.717, 1.165) is 29.3 Å². The molecule has 1 aromatic carbocycles. The van der Waals surface area contributed by atoms with Crippen molar-refractivity contribution in [3.63, 3.8) is 0 Å². The van der Waals surface area contributed by atoms with Crippen molar-refractivity contribution >= 4 is 23.2 Å². The molecule has 0 saturated carbocycles. The maximum absolute atomic E-state index is 13.3. The molecular formula is C18H19F2N3O2S. The van der Waals surface area contributed by atoms with Crippen LogP contribution in [0.3, 0.4) is 0 Å². The quantitative estimate of drug-likeness (QED) is 0.824. The van der Waals surface area contributed by atoms with Gasteiger partial charge in [0.1, 0.15) is 4.88 Å². The summed E-state index contributed by atoms with van der Waals surface area (Å²) in [7, 11) is 0. The van der Waals surface area contributed by atoms with Gasteiger partial charge in [0.15, 0.2) is 11.6 Å². The summed E-state index contributed by atoms with van der Waals surface area (Å²) in [5.74, 6) is -2.46. The van der Waals surface area contributed by atoms with Crippen LogP contribution in [0, 0.1) is 18.6 Å². The third-order valence-corrected chi connectivity index (χ3v) is 5.65. The van der Waals surface area contributed by atoms with E-state index >= 15 is 0 Å².